The third-order valence-corrected chi connectivity index (χ3v) is 3.24. The molecule has 0 heterocycles. The fourth-order valence-corrected chi connectivity index (χ4v) is 2.02. The van der Waals surface area contributed by atoms with Crippen LogP contribution in [0.3, 0.4) is 0 Å². The van der Waals surface area contributed by atoms with E-state index in [9.17, 15) is 25.0 Å². The van der Waals surface area contributed by atoms with Crippen molar-refractivity contribution < 1.29 is 24.1 Å². The number of benzene rings is 2. The van der Waals surface area contributed by atoms with E-state index in [1.807, 2.05) is 0 Å². The van der Waals surface area contributed by atoms with E-state index >= 15 is 0 Å². The van der Waals surface area contributed by atoms with Crippen molar-refractivity contribution in [1.82, 2.24) is 5.43 Å². The summed E-state index contributed by atoms with van der Waals surface area (Å²) in [5.74, 6) is -0.398. The van der Waals surface area contributed by atoms with E-state index in [0.717, 1.165) is 0 Å². The molecule has 2 aromatic carbocycles. The number of nitrogens with zero attached hydrogens (tertiary/aromatic N) is 3. The van der Waals surface area contributed by atoms with Gasteiger partial charge in [-0.05, 0) is 12.1 Å². The van der Waals surface area contributed by atoms with Gasteiger partial charge in [-0.1, -0.05) is 12.1 Å². The number of ether oxygens (including phenoxy) is 2. The molecule has 0 aliphatic carbocycles. The number of rotatable bonds is 8. The monoisotopic (exact) mass is 374 g/mol. The minimum Gasteiger partial charge on any atom is -0.496 e. The van der Waals surface area contributed by atoms with Crippen LogP contribution in [0.5, 0.6) is 11.5 Å². The number of nitro benzene ring substituents is 2. The number of hydrogen-bond acceptors (Lipinski definition) is 8. The molecule has 0 aliphatic rings. The minimum absolute atomic E-state index is 0.0537. The molecule has 1 N–H and O–H groups in total. The summed E-state index contributed by atoms with van der Waals surface area (Å²) in [5, 5.41) is 25.4. The van der Waals surface area contributed by atoms with Gasteiger partial charge in [0, 0.05) is 23.8 Å². The van der Waals surface area contributed by atoms with Crippen LogP contribution in [0.4, 0.5) is 11.4 Å². The molecule has 1 amide bonds. The smallest absolute Gasteiger partial charge is 0.310 e. The fourth-order valence-electron chi connectivity index (χ4n) is 2.02. The highest BCUT2D eigenvalue weighted by Gasteiger charge is 2.15. The summed E-state index contributed by atoms with van der Waals surface area (Å²) in [4.78, 5) is 32.2. The van der Waals surface area contributed by atoms with Crippen molar-refractivity contribution in [3.63, 3.8) is 0 Å². The highest BCUT2D eigenvalue weighted by atomic mass is 16.6. The predicted molar refractivity (Wildman–Crippen MR) is 94.0 cm³/mol. The van der Waals surface area contributed by atoms with Gasteiger partial charge >= 0.3 is 5.69 Å². The Hall–Kier alpha value is -4.02. The summed E-state index contributed by atoms with van der Waals surface area (Å²) in [7, 11) is 1.39. The molecular weight excluding hydrogens is 360 g/mol. The van der Waals surface area contributed by atoms with Gasteiger partial charge < -0.3 is 9.47 Å². The molecule has 2 rings (SSSR count). The quantitative estimate of drug-likeness (QED) is 0.422. The molecule has 2 aromatic rings. The second-order valence-corrected chi connectivity index (χ2v) is 4.99. The van der Waals surface area contributed by atoms with Crippen molar-refractivity contribution in [2.24, 2.45) is 5.10 Å². The average molecular weight is 374 g/mol. The molecule has 0 fully saturated rings. The third kappa shape index (κ3) is 5.22. The molecule has 0 saturated heterocycles. The molecule has 0 aromatic heterocycles. The van der Waals surface area contributed by atoms with Crippen molar-refractivity contribution in [3.8, 4) is 11.5 Å². The van der Waals surface area contributed by atoms with E-state index in [1.165, 1.54) is 55.8 Å². The topological polar surface area (TPSA) is 146 Å². The first-order valence-corrected chi connectivity index (χ1v) is 7.43. The summed E-state index contributed by atoms with van der Waals surface area (Å²) in [6, 6.07) is 9.53. The summed E-state index contributed by atoms with van der Waals surface area (Å²) < 4.78 is 10.2. The Labute approximate surface area is 152 Å². The van der Waals surface area contributed by atoms with E-state index in [-0.39, 0.29) is 22.7 Å². The van der Waals surface area contributed by atoms with E-state index in [2.05, 4.69) is 10.5 Å². The molecule has 0 aliphatic heterocycles. The van der Waals surface area contributed by atoms with Gasteiger partial charge in [0.25, 0.3) is 11.6 Å². The van der Waals surface area contributed by atoms with Crippen LogP contribution >= 0.6 is 0 Å². The second-order valence-electron chi connectivity index (χ2n) is 4.99. The Morgan fingerprint density at radius 1 is 1.15 bits per heavy atom. The second kappa shape index (κ2) is 8.89. The molecule has 11 nitrogen and oxygen atoms in total. The molecule has 27 heavy (non-hydrogen) atoms. The number of hydrogen-bond donors (Lipinski definition) is 1. The van der Waals surface area contributed by atoms with E-state index in [1.54, 1.807) is 0 Å². The number of non-ortho nitro benzene ring substituents is 1. The number of amides is 1. The van der Waals surface area contributed by atoms with Crippen LogP contribution in [0.1, 0.15) is 5.56 Å². The van der Waals surface area contributed by atoms with Crippen LogP contribution in [-0.4, -0.2) is 35.7 Å². The Morgan fingerprint density at radius 2 is 1.89 bits per heavy atom. The molecule has 0 saturated carbocycles. The Bertz CT molecular complexity index is 898. The van der Waals surface area contributed by atoms with Gasteiger partial charge in [-0.25, -0.2) is 5.43 Å². The first-order chi connectivity index (χ1) is 12.9. The number of para-hydroxylation sites is 2. The molecule has 11 heteroatoms. The number of carbonyl (C=O) groups is 1. The number of methoxy groups -OCH3 is 1. The molecule has 0 bridgehead atoms. The number of nitrogens with one attached hydrogen (secondary N) is 1. The number of carbonyl (C=O) groups excluding carboxylic acids is 1. The summed E-state index contributed by atoms with van der Waals surface area (Å²) >= 11 is 0. The fraction of sp³-hybridized carbons (Fsp3) is 0.125. The maximum atomic E-state index is 11.8. The van der Waals surface area contributed by atoms with Gasteiger partial charge in [0.15, 0.2) is 12.4 Å². The van der Waals surface area contributed by atoms with Crippen LogP contribution in [0.2, 0.25) is 0 Å². The lowest BCUT2D eigenvalue weighted by Gasteiger charge is -2.06. The molecule has 0 atom stereocenters. The molecule has 0 unspecified atom stereocenters. The Balaban J connectivity index is 1.99. The average Bonchev–Trinajstić information content (AvgIpc) is 2.66. The van der Waals surface area contributed by atoms with Gasteiger partial charge in [-0.2, -0.15) is 5.10 Å². The highest BCUT2D eigenvalue weighted by molar-refractivity contribution is 5.86. The zero-order valence-corrected chi connectivity index (χ0v) is 14.0. The van der Waals surface area contributed by atoms with Gasteiger partial charge in [-0.3, -0.25) is 25.0 Å². The lowest BCUT2D eigenvalue weighted by molar-refractivity contribution is -0.385. The number of nitro groups is 2. The summed E-state index contributed by atoms with van der Waals surface area (Å²) in [6.45, 7) is -0.506. The molecular formula is C16H14N4O7. The van der Waals surface area contributed by atoms with E-state index < -0.39 is 22.4 Å². The SMILES string of the molecule is COc1ccc([N+](=O)[O-])cc1/C=N/NC(=O)COc1ccccc1[N+](=O)[O-]. The van der Waals surface area contributed by atoms with E-state index in [4.69, 9.17) is 9.47 Å². The standard InChI is InChI=1S/C16H14N4O7/c1-26-14-7-6-12(19(22)23)8-11(14)9-17-18-16(21)10-27-15-5-3-2-4-13(15)20(24)25/h2-9H,10H2,1H3,(H,18,21)/b17-9+. The lowest BCUT2D eigenvalue weighted by atomic mass is 10.2. The largest absolute Gasteiger partial charge is 0.496 e. The third-order valence-electron chi connectivity index (χ3n) is 3.24. The van der Waals surface area contributed by atoms with Crippen molar-refractivity contribution >= 4 is 23.5 Å². The molecule has 0 radical (unpaired) electrons. The van der Waals surface area contributed by atoms with Gasteiger partial charge in [-0.15, -0.1) is 0 Å². The first kappa shape index (κ1) is 19.3. The maximum absolute atomic E-state index is 11.8. The van der Waals surface area contributed by atoms with Crippen molar-refractivity contribution in [2.45, 2.75) is 0 Å². The number of hydrazone groups is 1. The predicted octanol–water partition coefficient (Wildman–Crippen LogP) is 2.04. The van der Waals surface area contributed by atoms with Gasteiger partial charge in [0.1, 0.15) is 5.75 Å². The first-order valence-electron chi connectivity index (χ1n) is 7.43. The van der Waals surface area contributed by atoms with Crippen molar-refractivity contribution in [1.29, 1.82) is 0 Å². The van der Waals surface area contributed by atoms with Crippen LogP contribution in [0, 0.1) is 20.2 Å². The van der Waals surface area contributed by atoms with Crippen LogP contribution in [-0.2, 0) is 4.79 Å². The Kier molecular flexibility index (Phi) is 6.36. The lowest BCUT2D eigenvalue weighted by Crippen LogP contribution is -2.24. The van der Waals surface area contributed by atoms with Crippen molar-refractivity contribution in [2.75, 3.05) is 13.7 Å². The van der Waals surface area contributed by atoms with Gasteiger partial charge in [0.2, 0.25) is 0 Å². The van der Waals surface area contributed by atoms with Crippen molar-refractivity contribution in [3.05, 3.63) is 68.3 Å². The Morgan fingerprint density at radius 3 is 2.56 bits per heavy atom. The summed E-state index contributed by atoms with van der Waals surface area (Å²) in [6.07, 6.45) is 1.18. The van der Waals surface area contributed by atoms with E-state index in [0.29, 0.717) is 5.75 Å². The molecule has 0 spiro atoms. The normalized spacial score (nSPS) is 10.4. The maximum Gasteiger partial charge on any atom is 0.310 e. The molecule has 140 valence electrons. The zero-order chi connectivity index (χ0) is 19.8. The van der Waals surface area contributed by atoms with Gasteiger partial charge in [0.05, 0.1) is 23.2 Å². The van der Waals surface area contributed by atoms with Crippen LogP contribution in [0.15, 0.2) is 47.6 Å². The van der Waals surface area contributed by atoms with Crippen LogP contribution in [0.25, 0.3) is 0 Å². The minimum atomic E-state index is -0.672. The summed E-state index contributed by atoms with van der Waals surface area (Å²) in [5.41, 5.74) is 2.01. The van der Waals surface area contributed by atoms with Crippen LogP contribution < -0.4 is 14.9 Å². The highest BCUT2D eigenvalue weighted by Crippen LogP contribution is 2.25. The zero-order valence-electron chi connectivity index (χ0n) is 14.0.